The van der Waals surface area contributed by atoms with Crippen molar-refractivity contribution in [3.05, 3.63) is 48.0 Å². The van der Waals surface area contributed by atoms with Gasteiger partial charge in [-0.2, -0.15) is 0 Å². The second-order valence-electron chi connectivity index (χ2n) is 3.13. The van der Waals surface area contributed by atoms with Crippen molar-refractivity contribution < 1.29 is 0 Å². The van der Waals surface area contributed by atoms with E-state index in [9.17, 15) is 0 Å². The van der Waals surface area contributed by atoms with Crippen molar-refractivity contribution in [2.75, 3.05) is 5.43 Å². The van der Waals surface area contributed by atoms with Gasteiger partial charge in [0, 0.05) is 0 Å². The van der Waals surface area contributed by atoms with Crippen LogP contribution < -0.4 is 5.43 Å². The summed E-state index contributed by atoms with van der Waals surface area (Å²) in [6.45, 7) is 2.88. The zero-order valence-corrected chi connectivity index (χ0v) is 8.01. The first-order valence-electron chi connectivity index (χ1n) is 4.49. The lowest BCUT2D eigenvalue weighted by molar-refractivity contribution is 0.832. The maximum Gasteiger partial charge on any atom is 0.138 e. The van der Waals surface area contributed by atoms with Crippen molar-refractivity contribution in [1.29, 1.82) is 0 Å². The van der Waals surface area contributed by atoms with Gasteiger partial charge in [0.1, 0.15) is 12.7 Å². The highest BCUT2D eigenvalue weighted by molar-refractivity contribution is 5.26. The number of benzene rings is 1. The van der Waals surface area contributed by atoms with Crippen molar-refractivity contribution in [2.24, 2.45) is 0 Å². The van der Waals surface area contributed by atoms with Crippen LogP contribution in [0.15, 0.2) is 36.9 Å². The van der Waals surface area contributed by atoms with Gasteiger partial charge in [0.25, 0.3) is 0 Å². The first kappa shape index (κ1) is 8.74. The molecule has 0 aliphatic carbocycles. The van der Waals surface area contributed by atoms with E-state index in [2.05, 4.69) is 34.7 Å². The summed E-state index contributed by atoms with van der Waals surface area (Å²) >= 11 is 0. The molecule has 2 aromatic rings. The van der Waals surface area contributed by atoms with Crippen molar-refractivity contribution in [2.45, 2.75) is 13.5 Å². The van der Waals surface area contributed by atoms with Crippen LogP contribution in [0.1, 0.15) is 11.1 Å². The fourth-order valence-electron chi connectivity index (χ4n) is 1.27. The Morgan fingerprint density at radius 2 is 1.93 bits per heavy atom. The smallest absolute Gasteiger partial charge is 0.138 e. The topological polar surface area (TPSA) is 42.7 Å². The number of nitrogens with one attached hydrogen (secondary N) is 1. The SMILES string of the molecule is Cc1ccccc1CNn1cnnc1. The first-order chi connectivity index (χ1) is 6.86. The van der Waals surface area contributed by atoms with E-state index in [0.717, 1.165) is 6.54 Å². The molecule has 1 aromatic heterocycles. The molecule has 2 rings (SSSR count). The maximum atomic E-state index is 3.71. The average molecular weight is 188 g/mol. The second kappa shape index (κ2) is 3.91. The van der Waals surface area contributed by atoms with E-state index < -0.39 is 0 Å². The van der Waals surface area contributed by atoms with Gasteiger partial charge < -0.3 is 5.43 Å². The minimum Gasteiger partial charge on any atom is -0.319 e. The Balaban J connectivity index is 2.02. The summed E-state index contributed by atoms with van der Waals surface area (Å²) in [4.78, 5) is 0. The third-order valence-electron chi connectivity index (χ3n) is 2.13. The van der Waals surface area contributed by atoms with Gasteiger partial charge in [-0.3, -0.25) is 0 Å². The summed E-state index contributed by atoms with van der Waals surface area (Å²) in [6, 6.07) is 8.28. The van der Waals surface area contributed by atoms with Crippen LogP contribution in [0.4, 0.5) is 0 Å². The average Bonchev–Trinajstić information content (AvgIpc) is 2.69. The Kier molecular flexibility index (Phi) is 2.44. The fourth-order valence-corrected chi connectivity index (χ4v) is 1.27. The van der Waals surface area contributed by atoms with Crippen LogP contribution in [0.2, 0.25) is 0 Å². The van der Waals surface area contributed by atoms with Crippen molar-refractivity contribution in [3.8, 4) is 0 Å². The Morgan fingerprint density at radius 3 is 2.64 bits per heavy atom. The summed E-state index contributed by atoms with van der Waals surface area (Å²) in [6.07, 6.45) is 3.27. The van der Waals surface area contributed by atoms with Crippen LogP contribution in [0, 0.1) is 6.92 Å². The van der Waals surface area contributed by atoms with Gasteiger partial charge in [0.15, 0.2) is 0 Å². The van der Waals surface area contributed by atoms with E-state index in [-0.39, 0.29) is 0 Å². The molecular weight excluding hydrogens is 176 g/mol. The largest absolute Gasteiger partial charge is 0.319 e. The van der Waals surface area contributed by atoms with Crippen LogP contribution in [-0.2, 0) is 6.54 Å². The molecule has 0 fully saturated rings. The Labute approximate surface area is 82.6 Å². The van der Waals surface area contributed by atoms with Crippen molar-refractivity contribution in [3.63, 3.8) is 0 Å². The number of hydrogen-bond donors (Lipinski definition) is 1. The molecule has 0 bridgehead atoms. The standard InChI is InChI=1S/C10H12N4/c1-9-4-2-3-5-10(9)6-13-14-7-11-12-8-14/h2-5,7-8,13H,6H2,1H3. The van der Waals surface area contributed by atoms with Crippen LogP contribution in [0.3, 0.4) is 0 Å². The molecule has 14 heavy (non-hydrogen) atoms. The molecule has 0 radical (unpaired) electrons. The van der Waals surface area contributed by atoms with Gasteiger partial charge in [-0.1, -0.05) is 24.3 Å². The summed E-state index contributed by atoms with van der Waals surface area (Å²) in [5.41, 5.74) is 5.74. The molecular formula is C10H12N4. The van der Waals surface area contributed by atoms with Crippen LogP contribution in [-0.4, -0.2) is 14.9 Å². The molecule has 1 N–H and O–H groups in total. The Morgan fingerprint density at radius 1 is 1.21 bits per heavy atom. The highest BCUT2D eigenvalue weighted by Gasteiger charge is 1.95. The van der Waals surface area contributed by atoms with Gasteiger partial charge in [-0.05, 0) is 18.1 Å². The van der Waals surface area contributed by atoms with E-state index >= 15 is 0 Å². The van der Waals surface area contributed by atoms with Crippen LogP contribution >= 0.6 is 0 Å². The van der Waals surface area contributed by atoms with Crippen LogP contribution in [0.25, 0.3) is 0 Å². The fraction of sp³-hybridized carbons (Fsp3) is 0.200. The molecule has 0 aliphatic rings. The summed E-state index contributed by atoms with van der Waals surface area (Å²) in [5.74, 6) is 0. The zero-order chi connectivity index (χ0) is 9.80. The number of nitrogens with zero attached hydrogens (tertiary/aromatic N) is 3. The summed E-state index contributed by atoms with van der Waals surface area (Å²) < 4.78 is 1.74. The number of hydrogen-bond acceptors (Lipinski definition) is 3. The highest BCUT2D eigenvalue weighted by Crippen LogP contribution is 2.06. The van der Waals surface area contributed by atoms with E-state index in [1.54, 1.807) is 17.3 Å². The molecule has 4 nitrogen and oxygen atoms in total. The van der Waals surface area contributed by atoms with Gasteiger partial charge in [0.2, 0.25) is 0 Å². The predicted octanol–water partition coefficient (Wildman–Crippen LogP) is 1.33. The monoisotopic (exact) mass is 188 g/mol. The third-order valence-corrected chi connectivity index (χ3v) is 2.13. The molecule has 0 atom stereocenters. The van der Waals surface area contributed by atoms with Crippen molar-refractivity contribution >= 4 is 0 Å². The highest BCUT2D eigenvalue weighted by atomic mass is 15.5. The number of aromatic nitrogens is 3. The lowest BCUT2D eigenvalue weighted by atomic mass is 10.1. The molecule has 0 spiro atoms. The molecule has 1 heterocycles. The molecule has 0 unspecified atom stereocenters. The van der Waals surface area contributed by atoms with Crippen LogP contribution in [0.5, 0.6) is 0 Å². The van der Waals surface area contributed by atoms with E-state index in [0.29, 0.717) is 0 Å². The minimum absolute atomic E-state index is 0.782. The molecule has 0 aliphatic heterocycles. The van der Waals surface area contributed by atoms with Gasteiger partial charge in [-0.15, -0.1) is 10.2 Å². The third kappa shape index (κ3) is 1.90. The van der Waals surface area contributed by atoms with Gasteiger partial charge in [-0.25, -0.2) is 4.68 Å². The lowest BCUT2D eigenvalue weighted by Gasteiger charge is -2.07. The second-order valence-corrected chi connectivity index (χ2v) is 3.13. The number of rotatable bonds is 3. The molecule has 4 heteroatoms. The quantitative estimate of drug-likeness (QED) is 0.790. The zero-order valence-electron chi connectivity index (χ0n) is 8.01. The predicted molar refractivity (Wildman–Crippen MR) is 54.3 cm³/mol. The molecule has 1 aromatic carbocycles. The van der Waals surface area contributed by atoms with Gasteiger partial charge >= 0.3 is 0 Å². The normalized spacial score (nSPS) is 10.1. The van der Waals surface area contributed by atoms with E-state index in [4.69, 9.17) is 0 Å². The molecule has 0 saturated carbocycles. The maximum absolute atomic E-state index is 3.71. The van der Waals surface area contributed by atoms with E-state index in [1.165, 1.54) is 11.1 Å². The Hall–Kier alpha value is -1.84. The van der Waals surface area contributed by atoms with Gasteiger partial charge in [0.05, 0.1) is 6.54 Å². The molecule has 0 saturated heterocycles. The molecule has 0 amide bonds. The number of aryl methyl sites for hydroxylation is 1. The Bertz CT molecular complexity index is 394. The van der Waals surface area contributed by atoms with Crippen molar-refractivity contribution in [1.82, 2.24) is 14.9 Å². The summed E-state index contributed by atoms with van der Waals surface area (Å²) in [7, 11) is 0. The summed E-state index contributed by atoms with van der Waals surface area (Å²) in [5, 5.41) is 7.41. The first-order valence-corrected chi connectivity index (χ1v) is 4.49. The molecule has 72 valence electrons. The van der Waals surface area contributed by atoms with E-state index in [1.807, 2.05) is 12.1 Å². The lowest BCUT2D eigenvalue weighted by Crippen LogP contribution is -2.12. The minimum atomic E-state index is 0.782.